The normalized spacial score (nSPS) is 16.7. The van der Waals surface area contributed by atoms with Gasteiger partial charge in [0.25, 0.3) is 0 Å². The Balaban J connectivity index is 1.73. The van der Waals surface area contributed by atoms with Crippen LogP contribution >= 0.6 is 0 Å². The first kappa shape index (κ1) is 18.2. The largest absolute Gasteiger partial charge is 0.380 e. The Kier molecular flexibility index (Phi) is 6.08. The summed E-state index contributed by atoms with van der Waals surface area (Å²) >= 11 is 0. The first-order valence-electron chi connectivity index (χ1n) is 9.25. The second-order valence-corrected chi connectivity index (χ2v) is 6.77. The minimum Gasteiger partial charge on any atom is -0.380 e. The molecule has 0 spiro atoms. The van der Waals surface area contributed by atoms with Gasteiger partial charge in [0.05, 0.1) is 6.04 Å². The molecular weight excluding hydrogens is 322 g/mol. The summed E-state index contributed by atoms with van der Waals surface area (Å²) in [5, 5.41) is 10.0. The number of benzene rings is 2. The van der Waals surface area contributed by atoms with Gasteiger partial charge in [0.15, 0.2) is 0 Å². The van der Waals surface area contributed by atoms with E-state index in [-0.39, 0.29) is 18.0 Å². The third-order valence-electron chi connectivity index (χ3n) is 4.83. The van der Waals surface area contributed by atoms with Crippen LogP contribution in [0.2, 0.25) is 0 Å². The second-order valence-electron chi connectivity index (χ2n) is 6.77. The third kappa shape index (κ3) is 4.52. The number of carbonyl (C=O) groups is 1. The van der Waals surface area contributed by atoms with E-state index in [1.807, 2.05) is 55.5 Å². The molecule has 0 fully saturated rings. The SMILES string of the molecule is C[C@H](NC(=O)C1=C(N[C@@H](C)c2ccccc2)CNCC1)c1ccccc1. The summed E-state index contributed by atoms with van der Waals surface area (Å²) in [6, 6.07) is 20.5. The van der Waals surface area contributed by atoms with Gasteiger partial charge in [-0.15, -0.1) is 0 Å². The molecule has 1 amide bonds. The van der Waals surface area contributed by atoms with Crippen molar-refractivity contribution in [1.82, 2.24) is 16.0 Å². The van der Waals surface area contributed by atoms with Crippen molar-refractivity contribution < 1.29 is 4.79 Å². The Morgan fingerprint density at radius 2 is 1.50 bits per heavy atom. The van der Waals surface area contributed by atoms with Crippen molar-refractivity contribution in [2.24, 2.45) is 0 Å². The fourth-order valence-electron chi connectivity index (χ4n) is 3.27. The predicted octanol–water partition coefficient (Wildman–Crippen LogP) is 3.46. The Hall–Kier alpha value is -2.59. The van der Waals surface area contributed by atoms with E-state index in [1.165, 1.54) is 5.56 Å². The number of nitrogens with one attached hydrogen (secondary N) is 3. The monoisotopic (exact) mass is 349 g/mol. The van der Waals surface area contributed by atoms with Gasteiger partial charge in [-0.3, -0.25) is 4.79 Å². The number of rotatable bonds is 6. The molecule has 0 aromatic heterocycles. The van der Waals surface area contributed by atoms with Crippen molar-refractivity contribution in [3.05, 3.63) is 83.1 Å². The van der Waals surface area contributed by atoms with Gasteiger partial charge in [-0.25, -0.2) is 0 Å². The molecule has 4 heteroatoms. The molecule has 1 aliphatic rings. The predicted molar refractivity (Wildman–Crippen MR) is 106 cm³/mol. The standard InChI is InChI=1S/C22H27N3O/c1-16(18-9-5-3-6-10-18)24-21-15-23-14-13-20(21)22(26)25-17(2)19-11-7-4-8-12-19/h3-12,16-17,23-24H,13-15H2,1-2H3,(H,25,26)/t16-,17-/m0/s1. The van der Waals surface area contributed by atoms with E-state index < -0.39 is 0 Å². The van der Waals surface area contributed by atoms with Crippen molar-refractivity contribution in [2.75, 3.05) is 13.1 Å². The molecule has 0 saturated carbocycles. The molecule has 4 nitrogen and oxygen atoms in total. The number of amides is 1. The highest BCUT2D eigenvalue weighted by Gasteiger charge is 2.22. The van der Waals surface area contributed by atoms with Crippen molar-refractivity contribution in [3.63, 3.8) is 0 Å². The summed E-state index contributed by atoms with van der Waals surface area (Å²) in [5.41, 5.74) is 4.17. The van der Waals surface area contributed by atoms with E-state index in [0.29, 0.717) is 6.54 Å². The van der Waals surface area contributed by atoms with Crippen LogP contribution in [-0.2, 0) is 4.79 Å². The van der Waals surface area contributed by atoms with Gasteiger partial charge in [-0.05, 0) is 37.9 Å². The lowest BCUT2D eigenvalue weighted by atomic mass is 10.0. The molecular formula is C22H27N3O. The highest BCUT2D eigenvalue weighted by atomic mass is 16.1. The van der Waals surface area contributed by atoms with E-state index in [2.05, 4.69) is 35.0 Å². The van der Waals surface area contributed by atoms with Gasteiger partial charge in [0.1, 0.15) is 0 Å². The lowest BCUT2D eigenvalue weighted by Gasteiger charge is -2.26. The lowest BCUT2D eigenvalue weighted by Crippen LogP contribution is -2.39. The van der Waals surface area contributed by atoms with E-state index in [9.17, 15) is 4.79 Å². The Labute approximate surface area is 155 Å². The fourth-order valence-corrected chi connectivity index (χ4v) is 3.27. The zero-order valence-electron chi connectivity index (χ0n) is 15.5. The van der Waals surface area contributed by atoms with Crippen molar-refractivity contribution >= 4 is 5.91 Å². The van der Waals surface area contributed by atoms with Crippen molar-refractivity contribution in [3.8, 4) is 0 Å². The van der Waals surface area contributed by atoms with Crippen LogP contribution in [0.3, 0.4) is 0 Å². The zero-order valence-corrected chi connectivity index (χ0v) is 15.5. The van der Waals surface area contributed by atoms with Crippen LogP contribution in [0, 0.1) is 0 Å². The molecule has 0 radical (unpaired) electrons. The molecule has 1 aliphatic heterocycles. The number of carbonyl (C=O) groups excluding carboxylic acids is 1. The average molecular weight is 349 g/mol. The molecule has 0 unspecified atom stereocenters. The Bertz CT molecular complexity index is 755. The number of hydrogen-bond acceptors (Lipinski definition) is 3. The van der Waals surface area contributed by atoms with E-state index in [4.69, 9.17) is 0 Å². The molecule has 26 heavy (non-hydrogen) atoms. The topological polar surface area (TPSA) is 53.2 Å². The highest BCUT2D eigenvalue weighted by Crippen LogP contribution is 2.19. The lowest BCUT2D eigenvalue weighted by molar-refractivity contribution is -0.118. The molecule has 1 heterocycles. The second kappa shape index (κ2) is 8.68. The Morgan fingerprint density at radius 3 is 2.12 bits per heavy atom. The van der Waals surface area contributed by atoms with Gasteiger partial charge < -0.3 is 16.0 Å². The summed E-state index contributed by atoms with van der Waals surface area (Å²) in [6.45, 7) is 5.67. The Morgan fingerprint density at radius 1 is 0.923 bits per heavy atom. The number of hydrogen-bond donors (Lipinski definition) is 3. The molecule has 136 valence electrons. The third-order valence-corrected chi connectivity index (χ3v) is 4.83. The quantitative estimate of drug-likeness (QED) is 0.749. The minimum absolute atomic E-state index is 0.0149. The summed E-state index contributed by atoms with van der Waals surface area (Å²) in [6.07, 6.45) is 0.733. The molecule has 2 aromatic carbocycles. The average Bonchev–Trinajstić information content (AvgIpc) is 2.69. The van der Waals surface area contributed by atoms with E-state index >= 15 is 0 Å². The van der Waals surface area contributed by atoms with Crippen molar-refractivity contribution in [2.45, 2.75) is 32.4 Å². The molecule has 3 N–H and O–H groups in total. The van der Waals surface area contributed by atoms with Crippen LogP contribution in [-0.4, -0.2) is 19.0 Å². The maximum absolute atomic E-state index is 12.9. The van der Waals surface area contributed by atoms with E-state index in [1.54, 1.807) is 0 Å². The van der Waals surface area contributed by atoms with Gasteiger partial charge in [0.2, 0.25) is 5.91 Å². The van der Waals surface area contributed by atoms with Crippen LogP contribution in [0.1, 0.15) is 43.5 Å². The molecule has 2 atom stereocenters. The smallest absolute Gasteiger partial charge is 0.249 e. The molecule has 2 aromatic rings. The maximum atomic E-state index is 12.9. The van der Waals surface area contributed by atoms with Gasteiger partial charge in [0, 0.05) is 23.9 Å². The van der Waals surface area contributed by atoms with Gasteiger partial charge in [-0.2, -0.15) is 0 Å². The zero-order chi connectivity index (χ0) is 18.4. The summed E-state index contributed by atoms with van der Waals surface area (Å²) in [5.74, 6) is 0.0191. The first-order chi connectivity index (χ1) is 12.6. The molecule has 0 saturated heterocycles. The van der Waals surface area contributed by atoms with Gasteiger partial charge >= 0.3 is 0 Å². The van der Waals surface area contributed by atoms with Crippen LogP contribution in [0.25, 0.3) is 0 Å². The van der Waals surface area contributed by atoms with Crippen molar-refractivity contribution in [1.29, 1.82) is 0 Å². The van der Waals surface area contributed by atoms with Crippen LogP contribution in [0.15, 0.2) is 71.9 Å². The molecule has 0 bridgehead atoms. The van der Waals surface area contributed by atoms with Gasteiger partial charge in [-0.1, -0.05) is 60.7 Å². The van der Waals surface area contributed by atoms with Crippen LogP contribution in [0.4, 0.5) is 0 Å². The fraction of sp³-hybridized carbons (Fsp3) is 0.318. The molecule has 3 rings (SSSR count). The van der Waals surface area contributed by atoms with E-state index in [0.717, 1.165) is 29.8 Å². The summed E-state index contributed by atoms with van der Waals surface area (Å²) in [7, 11) is 0. The summed E-state index contributed by atoms with van der Waals surface area (Å²) < 4.78 is 0. The molecule has 0 aliphatic carbocycles. The highest BCUT2D eigenvalue weighted by molar-refractivity contribution is 5.94. The minimum atomic E-state index is -0.0149. The van der Waals surface area contributed by atoms with Crippen LogP contribution in [0.5, 0.6) is 0 Å². The maximum Gasteiger partial charge on any atom is 0.249 e. The van der Waals surface area contributed by atoms with Crippen LogP contribution < -0.4 is 16.0 Å². The summed E-state index contributed by atoms with van der Waals surface area (Å²) in [4.78, 5) is 12.9. The first-order valence-corrected chi connectivity index (χ1v) is 9.25.